The first-order valence-electron chi connectivity index (χ1n) is 9.51. The third-order valence-electron chi connectivity index (χ3n) is 5.17. The van der Waals surface area contributed by atoms with Crippen molar-refractivity contribution in [3.05, 3.63) is 54.9 Å². The molecule has 29 heavy (non-hydrogen) atoms. The quantitative estimate of drug-likeness (QED) is 0.561. The van der Waals surface area contributed by atoms with Crippen LogP contribution in [0.2, 0.25) is 0 Å². The Hall–Kier alpha value is -3.33. The van der Waals surface area contributed by atoms with Gasteiger partial charge < -0.3 is 10.2 Å². The van der Waals surface area contributed by atoms with Crippen LogP contribution in [0.3, 0.4) is 0 Å². The molecule has 0 spiro atoms. The Morgan fingerprint density at radius 1 is 1.07 bits per heavy atom. The fourth-order valence-electron chi connectivity index (χ4n) is 3.55. The van der Waals surface area contributed by atoms with Gasteiger partial charge >= 0.3 is 0 Å². The highest BCUT2D eigenvalue weighted by Gasteiger charge is 2.26. The summed E-state index contributed by atoms with van der Waals surface area (Å²) in [5, 5.41) is 15.2. The van der Waals surface area contributed by atoms with Gasteiger partial charge in [0.25, 0.3) is 0 Å². The van der Waals surface area contributed by atoms with Crippen LogP contribution in [0.1, 0.15) is 12.8 Å². The molecule has 1 aliphatic heterocycles. The highest BCUT2D eigenvalue weighted by molar-refractivity contribution is 7.22. The van der Waals surface area contributed by atoms with E-state index < -0.39 is 0 Å². The molecule has 0 bridgehead atoms. The molecule has 5 rings (SSSR count). The molecular formula is C20H19N7OS. The Kier molecular flexibility index (Phi) is 4.65. The van der Waals surface area contributed by atoms with E-state index in [4.69, 9.17) is 4.98 Å². The van der Waals surface area contributed by atoms with Gasteiger partial charge in [0.05, 0.1) is 15.9 Å². The average Bonchev–Trinajstić information content (AvgIpc) is 3.44. The molecule has 3 heterocycles. The number of benzene rings is 2. The topological polar surface area (TPSA) is 88.8 Å². The lowest BCUT2D eigenvalue weighted by Crippen LogP contribution is -2.38. The third-order valence-corrected chi connectivity index (χ3v) is 6.26. The average molecular weight is 405 g/mol. The highest BCUT2D eigenvalue weighted by atomic mass is 32.1. The smallest absolute Gasteiger partial charge is 0.227 e. The maximum absolute atomic E-state index is 12.7. The van der Waals surface area contributed by atoms with Crippen molar-refractivity contribution in [3.8, 4) is 5.69 Å². The molecule has 1 amide bonds. The number of tetrazole rings is 1. The lowest BCUT2D eigenvalue weighted by atomic mass is 9.96. The molecular weight excluding hydrogens is 386 g/mol. The van der Waals surface area contributed by atoms with Gasteiger partial charge in [-0.25, -0.2) is 9.67 Å². The summed E-state index contributed by atoms with van der Waals surface area (Å²) >= 11 is 1.71. The molecule has 9 heteroatoms. The van der Waals surface area contributed by atoms with Crippen LogP contribution in [-0.2, 0) is 4.79 Å². The van der Waals surface area contributed by atoms with Gasteiger partial charge in [-0.2, -0.15) is 0 Å². The summed E-state index contributed by atoms with van der Waals surface area (Å²) in [7, 11) is 0. The minimum Gasteiger partial charge on any atom is -0.348 e. The number of amides is 1. The lowest BCUT2D eigenvalue weighted by Gasteiger charge is -2.31. The molecule has 1 fully saturated rings. The first-order valence-corrected chi connectivity index (χ1v) is 10.3. The number of hydrogen-bond donors (Lipinski definition) is 1. The molecule has 146 valence electrons. The standard InChI is InChI=1S/C20H19N7OS/c28-19(22-15-5-7-16(8-6-15)27-13-21-24-25-27)14-9-11-26(12-10-14)20-23-17-3-1-2-4-18(17)29-20/h1-8,13-14H,9-12H2,(H,22,28). The predicted octanol–water partition coefficient (Wildman–Crippen LogP) is 3.13. The molecule has 4 aromatic rings. The van der Waals surface area contributed by atoms with Crippen LogP contribution in [-0.4, -0.2) is 44.2 Å². The molecule has 1 aliphatic rings. The Morgan fingerprint density at radius 3 is 2.59 bits per heavy atom. The van der Waals surface area contributed by atoms with E-state index >= 15 is 0 Å². The number of rotatable bonds is 4. The molecule has 0 unspecified atom stereocenters. The van der Waals surface area contributed by atoms with Crippen molar-refractivity contribution in [1.29, 1.82) is 0 Å². The second-order valence-electron chi connectivity index (χ2n) is 7.02. The Morgan fingerprint density at radius 2 is 1.86 bits per heavy atom. The normalized spacial score (nSPS) is 15.0. The predicted molar refractivity (Wildman–Crippen MR) is 112 cm³/mol. The van der Waals surface area contributed by atoms with Crippen LogP contribution in [0.25, 0.3) is 15.9 Å². The number of nitrogens with zero attached hydrogens (tertiary/aromatic N) is 6. The van der Waals surface area contributed by atoms with E-state index in [1.807, 2.05) is 42.5 Å². The van der Waals surface area contributed by atoms with Gasteiger partial charge in [-0.1, -0.05) is 23.5 Å². The molecule has 2 aromatic carbocycles. The van der Waals surface area contributed by atoms with Crippen molar-refractivity contribution in [2.75, 3.05) is 23.3 Å². The molecule has 0 atom stereocenters. The molecule has 1 saturated heterocycles. The van der Waals surface area contributed by atoms with Gasteiger partial charge in [0.1, 0.15) is 6.33 Å². The minimum absolute atomic E-state index is 0.0137. The molecule has 0 aliphatic carbocycles. The van der Waals surface area contributed by atoms with Crippen LogP contribution < -0.4 is 10.2 Å². The Bertz CT molecular complexity index is 1080. The zero-order valence-electron chi connectivity index (χ0n) is 15.6. The Labute approximate surface area is 171 Å². The monoisotopic (exact) mass is 405 g/mol. The molecule has 1 N–H and O–H groups in total. The van der Waals surface area contributed by atoms with Gasteiger partial charge in [0.15, 0.2) is 5.13 Å². The van der Waals surface area contributed by atoms with E-state index in [1.165, 1.54) is 11.0 Å². The number of aromatic nitrogens is 5. The summed E-state index contributed by atoms with van der Waals surface area (Å²) in [4.78, 5) is 19.7. The van der Waals surface area contributed by atoms with E-state index in [-0.39, 0.29) is 11.8 Å². The van der Waals surface area contributed by atoms with Crippen LogP contribution >= 0.6 is 11.3 Å². The number of piperidine rings is 1. The number of thiazole rings is 1. The molecule has 0 radical (unpaired) electrons. The van der Waals surface area contributed by atoms with Crippen molar-refractivity contribution in [3.63, 3.8) is 0 Å². The van der Waals surface area contributed by atoms with Crippen LogP contribution in [0, 0.1) is 5.92 Å². The third kappa shape index (κ3) is 3.68. The molecule has 8 nitrogen and oxygen atoms in total. The lowest BCUT2D eigenvalue weighted by molar-refractivity contribution is -0.120. The van der Waals surface area contributed by atoms with E-state index in [2.05, 4.69) is 31.8 Å². The van der Waals surface area contributed by atoms with Crippen LogP contribution in [0.5, 0.6) is 0 Å². The number of hydrogen-bond acceptors (Lipinski definition) is 7. The van der Waals surface area contributed by atoms with Gasteiger partial charge in [-0.05, 0) is 59.7 Å². The number of carbonyl (C=O) groups is 1. The van der Waals surface area contributed by atoms with Crippen molar-refractivity contribution in [2.24, 2.45) is 5.92 Å². The maximum Gasteiger partial charge on any atom is 0.227 e. The number of nitrogens with one attached hydrogen (secondary N) is 1. The van der Waals surface area contributed by atoms with Crippen molar-refractivity contribution in [2.45, 2.75) is 12.8 Å². The zero-order valence-corrected chi connectivity index (χ0v) is 16.4. The Balaban J connectivity index is 1.19. The zero-order chi connectivity index (χ0) is 19.6. The maximum atomic E-state index is 12.7. The van der Waals surface area contributed by atoms with E-state index in [0.29, 0.717) is 0 Å². The summed E-state index contributed by atoms with van der Waals surface area (Å²) in [5.74, 6) is 0.0870. The SMILES string of the molecule is O=C(Nc1ccc(-n2cnnn2)cc1)C1CCN(c2nc3ccccc3s2)CC1. The fraction of sp³-hybridized carbons (Fsp3) is 0.250. The number of carbonyl (C=O) groups excluding carboxylic acids is 1. The van der Waals surface area contributed by atoms with E-state index in [0.717, 1.165) is 48.0 Å². The number of fused-ring (bicyclic) bond motifs is 1. The summed E-state index contributed by atoms with van der Waals surface area (Å²) < 4.78 is 2.77. The number of para-hydroxylation sites is 1. The van der Waals surface area contributed by atoms with Gasteiger partial charge in [0.2, 0.25) is 5.91 Å². The number of anilines is 2. The van der Waals surface area contributed by atoms with Gasteiger partial charge in [-0.15, -0.1) is 5.10 Å². The summed E-state index contributed by atoms with van der Waals surface area (Å²) in [6, 6.07) is 15.7. The second-order valence-corrected chi connectivity index (χ2v) is 8.03. The van der Waals surface area contributed by atoms with Gasteiger partial charge in [-0.3, -0.25) is 4.79 Å². The van der Waals surface area contributed by atoms with E-state index in [1.54, 1.807) is 16.0 Å². The van der Waals surface area contributed by atoms with Crippen LogP contribution in [0.4, 0.5) is 10.8 Å². The first kappa shape index (κ1) is 17.7. The van der Waals surface area contributed by atoms with Crippen LogP contribution in [0.15, 0.2) is 54.9 Å². The van der Waals surface area contributed by atoms with Crippen molar-refractivity contribution < 1.29 is 4.79 Å². The second kappa shape index (κ2) is 7.59. The largest absolute Gasteiger partial charge is 0.348 e. The van der Waals surface area contributed by atoms with Crippen molar-refractivity contribution in [1.82, 2.24) is 25.2 Å². The molecule has 2 aromatic heterocycles. The van der Waals surface area contributed by atoms with Gasteiger partial charge in [0, 0.05) is 24.7 Å². The first-order chi connectivity index (χ1) is 14.3. The van der Waals surface area contributed by atoms with E-state index in [9.17, 15) is 4.79 Å². The highest BCUT2D eigenvalue weighted by Crippen LogP contribution is 2.31. The fourth-order valence-corrected chi connectivity index (χ4v) is 4.57. The summed E-state index contributed by atoms with van der Waals surface area (Å²) in [6.45, 7) is 1.69. The summed E-state index contributed by atoms with van der Waals surface area (Å²) in [5.41, 5.74) is 2.66. The molecule has 0 saturated carbocycles. The van der Waals surface area contributed by atoms with Crippen molar-refractivity contribution >= 4 is 38.3 Å². The summed E-state index contributed by atoms with van der Waals surface area (Å²) in [6.07, 6.45) is 3.18. The minimum atomic E-state index is 0.0137.